The van der Waals surface area contributed by atoms with Gasteiger partial charge in [-0.2, -0.15) is 0 Å². The van der Waals surface area contributed by atoms with Gasteiger partial charge in [-0.15, -0.1) is 0 Å². The van der Waals surface area contributed by atoms with Gasteiger partial charge in [0.25, 0.3) is 5.91 Å². The van der Waals surface area contributed by atoms with Gasteiger partial charge in [0.2, 0.25) is 18.4 Å². The lowest BCUT2D eigenvalue weighted by molar-refractivity contribution is -0.141. The van der Waals surface area contributed by atoms with Crippen LogP contribution in [0.1, 0.15) is 35.6 Å². The van der Waals surface area contributed by atoms with E-state index in [4.69, 9.17) is 28.7 Å². The summed E-state index contributed by atoms with van der Waals surface area (Å²) >= 11 is 0. The van der Waals surface area contributed by atoms with Gasteiger partial charge in [-0.25, -0.2) is 0 Å². The number of imide groups is 1. The predicted molar refractivity (Wildman–Crippen MR) is 131 cm³/mol. The molecule has 3 heterocycles. The van der Waals surface area contributed by atoms with E-state index in [2.05, 4.69) is 0 Å². The number of amides is 2. The first-order valence-electron chi connectivity index (χ1n) is 12.2. The molecule has 2 saturated heterocycles. The number of carbonyl (C=O) groups is 3. The van der Waals surface area contributed by atoms with Crippen molar-refractivity contribution < 1.29 is 43.2 Å². The number of rotatable bonds is 4. The molecule has 2 fully saturated rings. The van der Waals surface area contributed by atoms with Gasteiger partial charge in [0.1, 0.15) is 5.71 Å². The van der Waals surface area contributed by atoms with Crippen LogP contribution in [0.4, 0.5) is 0 Å². The third kappa shape index (κ3) is 3.34. The van der Waals surface area contributed by atoms with Crippen LogP contribution in [0.5, 0.6) is 28.7 Å². The SMILES string of the molecule is COc1cc([C@@H]2c3cc4c(cc3[C@@H](N=C3C(=O)N(C)C(=O)C3C)[C@H]3COC(=O)[C@H]23)OCO4)cc(OC)c1O. The molecule has 38 heavy (non-hydrogen) atoms. The molecule has 4 aliphatic rings. The molecule has 1 aliphatic carbocycles. The molecule has 2 aromatic rings. The number of methoxy groups -OCH3 is 2. The molecule has 198 valence electrons. The van der Waals surface area contributed by atoms with E-state index in [9.17, 15) is 19.5 Å². The smallest absolute Gasteiger partial charge is 0.310 e. The van der Waals surface area contributed by atoms with Crippen LogP contribution in [0.15, 0.2) is 29.3 Å². The number of benzene rings is 2. The van der Waals surface area contributed by atoms with Crippen molar-refractivity contribution in [2.75, 3.05) is 34.7 Å². The fourth-order valence-electron chi connectivity index (χ4n) is 5.97. The minimum atomic E-state index is -0.704. The Morgan fingerprint density at radius 1 is 0.974 bits per heavy atom. The average molecular weight is 523 g/mol. The Kier molecular flexibility index (Phi) is 5.48. The number of likely N-dealkylation sites (tertiary alicyclic amines) is 1. The summed E-state index contributed by atoms with van der Waals surface area (Å²) in [5, 5.41) is 10.5. The van der Waals surface area contributed by atoms with E-state index in [0.29, 0.717) is 17.1 Å². The number of hydrogen-bond acceptors (Lipinski definition) is 10. The minimum Gasteiger partial charge on any atom is -0.502 e. The number of ether oxygens (including phenoxy) is 5. The molecule has 11 heteroatoms. The fourth-order valence-corrected chi connectivity index (χ4v) is 5.97. The van der Waals surface area contributed by atoms with Gasteiger partial charge in [-0.05, 0) is 47.9 Å². The Morgan fingerprint density at radius 3 is 2.18 bits per heavy atom. The number of aliphatic imine (C=N–C) groups is 1. The highest BCUT2D eigenvalue weighted by molar-refractivity contribution is 6.49. The molecule has 2 amide bonds. The molecule has 0 spiro atoms. The quantitative estimate of drug-likeness (QED) is 0.474. The lowest BCUT2D eigenvalue weighted by Crippen LogP contribution is -2.35. The topological polar surface area (TPSA) is 133 Å². The predicted octanol–water partition coefficient (Wildman–Crippen LogP) is 2.19. The first-order valence-corrected chi connectivity index (χ1v) is 12.2. The third-order valence-corrected chi connectivity index (χ3v) is 7.92. The Morgan fingerprint density at radius 2 is 1.61 bits per heavy atom. The molecule has 6 rings (SSSR count). The normalized spacial score (nSPS) is 28.4. The Labute approximate surface area is 217 Å². The van der Waals surface area contributed by atoms with Crippen molar-refractivity contribution in [1.29, 1.82) is 0 Å². The number of nitrogens with zero attached hydrogens (tertiary/aromatic N) is 2. The van der Waals surface area contributed by atoms with Gasteiger partial charge >= 0.3 is 5.97 Å². The maximum Gasteiger partial charge on any atom is 0.310 e. The molecule has 1 N–H and O–H groups in total. The zero-order chi connectivity index (χ0) is 26.9. The van der Waals surface area contributed by atoms with Crippen molar-refractivity contribution in [2.45, 2.75) is 18.9 Å². The first kappa shape index (κ1) is 24.1. The highest BCUT2D eigenvalue weighted by Gasteiger charge is 2.53. The molecule has 0 bridgehead atoms. The summed E-state index contributed by atoms with van der Waals surface area (Å²) in [4.78, 5) is 44.6. The second kappa shape index (κ2) is 8.64. The van der Waals surface area contributed by atoms with Gasteiger partial charge in [0.05, 0.1) is 38.7 Å². The molecule has 0 saturated carbocycles. The van der Waals surface area contributed by atoms with E-state index in [-0.39, 0.29) is 42.3 Å². The Bertz CT molecular complexity index is 1390. The number of fused-ring (bicyclic) bond motifs is 3. The Balaban J connectivity index is 1.59. The second-order valence-electron chi connectivity index (χ2n) is 9.79. The summed E-state index contributed by atoms with van der Waals surface area (Å²) in [6.45, 7) is 1.79. The first-order chi connectivity index (χ1) is 18.2. The molecular weight excluding hydrogens is 496 g/mol. The fraction of sp³-hybridized carbons (Fsp3) is 0.407. The summed E-state index contributed by atoms with van der Waals surface area (Å²) in [7, 11) is 4.30. The highest BCUT2D eigenvalue weighted by Crippen LogP contribution is 2.56. The van der Waals surface area contributed by atoms with Crippen LogP contribution < -0.4 is 18.9 Å². The number of esters is 1. The summed E-state index contributed by atoms with van der Waals surface area (Å²) < 4.78 is 27.6. The average Bonchev–Trinajstić information content (AvgIpc) is 3.58. The van der Waals surface area contributed by atoms with Crippen molar-refractivity contribution in [1.82, 2.24) is 4.90 Å². The van der Waals surface area contributed by atoms with Crippen molar-refractivity contribution in [3.05, 3.63) is 41.0 Å². The number of cyclic esters (lactones) is 1. The van der Waals surface area contributed by atoms with E-state index < -0.39 is 41.6 Å². The van der Waals surface area contributed by atoms with Crippen LogP contribution >= 0.6 is 0 Å². The van der Waals surface area contributed by atoms with Gasteiger partial charge < -0.3 is 28.8 Å². The van der Waals surface area contributed by atoms with E-state index in [1.807, 2.05) is 12.1 Å². The largest absolute Gasteiger partial charge is 0.502 e. The van der Waals surface area contributed by atoms with Gasteiger partial charge in [0.15, 0.2) is 23.0 Å². The molecule has 1 unspecified atom stereocenters. The Hall–Kier alpha value is -4.28. The van der Waals surface area contributed by atoms with Crippen LogP contribution in [-0.4, -0.2) is 68.2 Å². The van der Waals surface area contributed by atoms with Gasteiger partial charge in [-0.3, -0.25) is 24.3 Å². The van der Waals surface area contributed by atoms with Gasteiger partial charge in [-0.1, -0.05) is 0 Å². The van der Waals surface area contributed by atoms with Crippen molar-refractivity contribution in [2.24, 2.45) is 22.7 Å². The second-order valence-corrected chi connectivity index (χ2v) is 9.79. The molecular formula is C27H26N2O9. The van der Waals surface area contributed by atoms with Gasteiger partial charge in [0, 0.05) is 18.9 Å². The van der Waals surface area contributed by atoms with Crippen LogP contribution in [0.25, 0.3) is 0 Å². The number of phenolic OH excluding ortho intramolecular Hbond substituents is 1. The van der Waals surface area contributed by atoms with Crippen LogP contribution in [0, 0.1) is 17.8 Å². The number of hydrogen-bond donors (Lipinski definition) is 1. The highest BCUT2D eigenvalue weighted by atomic mass is 16.7. The standard InChI is InChI=1S/C27H26N2O9/c1-11-22(26(32)29(2)25(11)31)28-23-14-8-17-16(37-10-38-17)7-13(14)20(21-15(23)9-36-27(21)33)12-5-18(34-3)24(30)19(6-12)35-4/h5-8,11,15,20-21,23,30H,9-10H2,1-4H3/t11?,15-,20+,21-,23+/m0/s1. The van der Waals surface area contributed by atoms with Crippen LogP contribution in [0.2, 0.25) is 0 Å². The maximum atomic E-state index is 13.3. The van der Waals surface area contributed by atoms with Crippen molar-refractivity contribution in [3.63, 3.8) is 0 Å². The molecule has 0 aromatic heterocycles. The van der Waals surface area contributed by atoms with Crippen molar-refractivity contribution >= 4 is 23.5 Å². The van der Waals surface area contributed by atoms with E-state index >= 15 is 0 Å². The molecule has 5 atom stereocenters. The molecule has 11 nitrogen and oxygen atoms in total. The van der Waals surface area contributed by atoms with E-state index in [1.54, 1.807) is 19.1 Å². The monoisotopic (exact) mass is 522 g/mol. The van der Waals surface area contributed by atoms with E-state index in [1.165, 1.54) is 21.3 Å². The number of phenols is 1. The third-order valence-electron chi connectivity index (χ3n) is 7.92. The molecule has 3 aliphatic heterocycles. The van der Waals surface area contributed by atoms with Crippen molar-refractivity contribution in [3.8, 4) is 28.7 Å². The van der Waals surface area contributed by atoms with Crippen LogP contribution in [0.3, 0.4) is 0 Å². The van der Waals surface area contributed by atoms with E-state index in [0.717, 1.165) is 16.0 Å². The summed E-state index contributed by atoms with van der Waals surface area (Å²) in [5.41, 5.74) is 2.28. The summed E-state index contributed by atoms with van der Waals surface area (Å²) in [6.07, 6.45) is 0. The zero-order valence-electron chi connectivity index (χ0n) is 21.2. The minimum absolute atomic E-state index is 0.0483. The molecule has 2 aromatic carbocycles. The summed E-state index contributed by atoms with van der Waals surface area (Å²) in [6, 6.07) is 6.33. The lowest BCUT2D eigenvalue weighted by Gasteiger charge is -2.37. The summed E-state index contributed by atoms with van der Waals surface area (Å²) in [5.74, 6) is -2.25. The lowest BCUT2D eigenvalue weighted by atomic mass is 9.65. The number of aromatic hydroxyl groups is 1. The van der Waals surface area contributed by atoms with Crippen LogP contribution in [-0.2, 0) is 19.1 Å². The maximum absolute atomic E-state index is 13.3. The number of carbonyl (C=O) groups excluding carboxylic acids is 3. The zero-order valence-corrected chi connectivity index (χ0v) is 21.2. The molecule has 0 radical (unpaired) electrons.